The largest absolute Gasteiger partial charge is 0.416 e. The van der Waals surface area contributed by atoms with Gasteiger partial charge in [0, 0.05) is 43.2 Å². The molecule has 0 aliphatic carbocycles. The Bertz CT molecular complexity index is 893. The van der Waals surface area contributed by atoms with Crippen LogP contribution in [0.15, 0.2) is 48.5 Å². The van der Waals surface area contributed by atoms with E-state index < -0.39 is 17.6 Å². The first-order valence-electron chi connectivity index (χ1n) is 9.23. The highest BCUT2D eigenvalue weighted by Crippen LogP contribution is 2.29. The number of hydrogen-bond donors (Lipinski definition) is 0. The van der Waals surface area contributed by atoms with Crippen molar-refractivity contribution in [2.45, 2.75) is 19.0 Å². The zero-order chi connectivity index (χ0) is 21.0. The molecule has 2 aromatic rings. The van der Waals surface area contributed by atoms with Crippen LogP contribution >= 0.6 is 11.6 Å². The summed E-state index contributed by atoms with van der Waals surface area (Å²) < 4.78 is 38.6. The van der Waals surface area contributed by atoms with Crippen molar-refractivity contribution in [3.8, 4) is 0 Å². The Morgan fingerprint density at radius 3 is 2.24 bits per heavy atom. The molecule has 0 N–H and O–H groups in total. The number of alkyl halides is 3. The predicted molar refractivity (Wildman–Crippen MR) is 104 cm³/mol. The van der Waals surface area contributed by atoms with Gasteiger partial charge in [-0.05, 0) is 36.2 Å². The van der Waals surface area contributed by atoms with Crippen LogP contribution in [0.2, 0.25) is 5.02 Å². The van der Waals surface area contributed by atoms with Gasteiger partial charge < -0.3 is 9.80 Å². The summed E-state index contributed by atoms with van der Waals surface area (Å²) in [6.07, 6.45) is -3.66. The molecular weight excluding hydrogens is 405 g/mol. The van der Waals surface area contributed by atoms with Crippen LogP contribution in [0, 0.1) is 0 Å². The van der Waals surface area contributed by atoms with Gasteiger partial charge in [-0.15, -0.1) is 0 Å². The first kappa shape index (κ1) is 21.2. The summed E-state index contributed by atoms with van der Waals surface area (Å²) in [6, 6.07) is 11.7. The van der Waals surface area contributed by atoms with E-state index in [-0.39, 0.29) is 24.6 Å². The summed E-state index contributed by atoms with van der Waals surface area (Å²) in [4.78, 5) is 28.1. The van der Waals surface area contributed by atoms with Crippen molar-refractivity contribution < 1.29 is 22.8 Å². The zero-order valence-electron chi connectivity index (χ0n) is 15.6. The highest BCUT2D eigenvalue weighted by atomic mass is 35.5. The molecule has 0 bridgehead atoms. The van der Waals surface area contributed by atoms with Gasteiger partial charge in [-0.25, -0.2) is 0 Å². The van der Waals surface area contributed by atoms with Gasteiger partial charge in [0.2, 0.25) is 5.91 Å². The molecule has 2 amide bonds. The molecule has 0 unspecified atom stereocenters. The molecule has 1 aliphatic heterocycles. The summed E-state index contributed by atoms with van der Waals surface area (Å²) in [5, 5.41) is 0.622. The lowest BCUT2D eigenvalue weighted by Crippen LogP contribution is -2.50. The zero-order valence-corrected chi connectivity index (χ0v) is 16.3. The minimum atomic E-state index is -4.50. The molecule has 0 atom stereocenters. The van der Waals surface area contributed by atoms with Crippen molar-refractivity contribution in [3.05, 3.63) is 70.2 Å². The topological polar surface area (TPSA) is 40.6 Å². The van der Waals surface area contributed by atoms with Gasteiger partial charge in [0.1, 0.15) is 0 Å². The van der Waals surface area contributed by atoms with Gasteiger partial charge in [0.05, 0.1) is 5.56 Å². The first-order chi connectivity index (χ1) is 13.8. The van der Waals surface area contributed by atoms with Gasteiger partial charge in [0.15, 0.2) is 0 Å². The summed E-state index contributed by atoms with van der Waals surface area (Å²) in [7, 11) is 0. The minimum Gasteiger partial charge on any atom is -0.339 e. The third-order valence-electron chi connectivity index (χ3n) is 4.92. The van der Waals surface area contributed by atoms with Crippen LogP contribution in [-0.2, 0) is 17.4 Å². The molecule has 8 heteroatoms. The maximum absolute atomic E-state index is 12.9. The van der Waals surface area contributed by atoms with Gasteiger partial charge in [-0.2, -0.15) is 13.2 Å². The number of hydrogen-bond acceptors (Lipinski definition) is 2. The lowest BCUT2D eigenvalue weighted by Gasteiger charge is -2.35. The third-order valence-corrected chi connectivity index (χ3v) is 5.29. The number of halogens is 4. The van der Waals surface area contributed by atoms with E-state index in [1.54, 1.807) is 11.0 Å². The molecule has 2 aromatic carbocycles. The van der Waals surface area contributed by atoms with Crippen LogP contribution in [0.4, 0.5) is 13.2 Å². The third kappa shape index (κ3) is 5.29. The molecule has 4 nitrogen and oxygen atoms in total. The Hall–Kier alpha value is -2.54. The van der Waals surface area contributed by atoms with Crippen LogP contribution < -0.4 is 0 Å². The average Bonchev–Trinajstić information content (AvgIpc) is 2.72. The Labute approximate surface area is 171 Å². The second-order valence-electron chi connectivity index (χ2n) is 6.84. The number of carbonyl (C=O) groups excluding carboxylic acids is 2. The summed E-state index contributed by atoms with van der Waals surface area (Å²) in [5.74, 6) is -0.490. The molecule has 1 fully saturated rings. The highest BCUT2D eigenvalue weighted by Gasteiger charge is 2.32. The van der Waals surface area contributed by atoms with E-state index in [0.717, 1.165) is 17.7 Å². The van der Waals surface area contributed by atoms with Crippen molar-refractivity contribution in [2.75, 3.05) is 26.2 Å². The Kier molecular flexibility index (Phi) is 6.47. The molecule has 29 heavy (non-hydrogen) atoms. The lowest BCUT2D eigenvalue weighted by atomic mass is 10.1. The predicted octanol–water partition coefficient (Wildman–Crippen LogP) is 4.28. The number of benzene rings is 2. The fourth-order valence-electron chi connectivity index (χ4n) is 3.27. The van der Waals surface area contributed by atoms with E-state index in [4.69, 9.17) is 11.6 Å². The number of carbonyl (C=O) groups is 2. The number of piperazine rings is 1. The number of aryl methyl sites for hydroxylation is 1. The normalized spacial score (nSPS) is 14.8. The fraction of sp³-hybridized carbons (Fsp3) is 0.333. The van der Waals surface area contributed by atoms with E-state index in [1.807, 2.05) is 18.2 Å². The van der Waals surface area contributed by atoms with Crippen LogP contribution in [0.5, 0.6) is 0 Å². The van der Waals surface area contributed by atoms with E-state index in [0.29, 0.717) is 31.0 Å². The Morgan fingerprint density at radius 1 is 0.931 bits per heavy atom. The smallest absolute Gasteiger partial charge is 0.339 e. The lowest BCUT2D eigenvalue weighted by molar-refractivity contribution is -0.137. The van der Waals surface area contributed by atoms with Gasteiger partial charge >= 0.3 is 6.18 Å². The van der Waals surface area contributed by atoms with Crippen LogP contribution in [-0.4, -0.2) is 47.8 Å². The van der Waals surface area contributed by atoms with E-state index >= 15 is 0 Å². The standard InChI is InChI=1S/C21H20ClF3N2O2/c22-18-7-2-1-4-15(18)8-9-19(28)26-10-12-27(13-11-26)20(29)16-5-3-6-17(14-16)21(23,24)25/h1-7,14H,8-13H2. The van der Waals surface area contributed by atoms with Crippen molar-refractivity contribution in [3.63, 3.8) is 0 Å². The Balaban J connectivity index is 1.54. The van der Waals surface area contributed by atoms with Gasteiger partial charge in [-0.1, -0.05) is 35.9 Å². The number of rotatable bonds is 4. The molecule has 1 saturated heterocycles. The fourth-order valence-corrected chi connectivity index (χ4v) is 3.50. The van der Waals surface area contributed by atoms with Crippen LogP contribution in [0.1, 0.15) is 27.9 Å². The molecule has 154 valence electrons. The van der Waals surface area contributed by atoms with E-state index in [1.165, 1.54) is 17.0 Å². The molecule has 0 spiro atoms. The molecule has 1 aliphatic rings. The minimum absolute atomic E-state index is 0.00155. The molecule has 0 aromatic heterocycles. The maximum atomic E-state index is 12.9. The van der Waals surface area contributed by atoms with Gasteiger partial charge in [-0.3, -0.25) is 9.59 Å². The number of nitrogens with zero attached hydrogens (tertiary/aromatic N) is 2. The molecule has 0 saturated carbocycles. The summed E-state index contributed by atoms with van der Waals surface area (Å²) in [5.41, 5.74) is 0.0518. The highest BCUT2D eigenvalue weighted by molar-refractivity contribution is 6.31. The maximum Gasteiger partial charge on any atom is 0.416 e. The molecule has 0 radical (unpaired) electrons. The van der Waals surface area contributed by atoms with Crippen LogP contribution in [0.25, 0.3) is 0 Å². The average molecular weight is 425 g/mol. The van der Waals surface area contributed by atoms with Crippen LogP contribution in [0.3, 0.4) is 0 Å². The Morgan fingerprint density at radius 2 is 1.59 bits per heavy atom. The SMILES string of the molecule is O=C(CCc1ccccc1Cl)N1CCN(C(=O)c2cccc(C(F)(F)F)c2)CC1. The molecule has 1 heterocycles. The molecular formula is C21H20ClF3N2O2. The quantitative estimate of drug-likeness (QED) is 0.735. The summed E-state index contributed by atoms with van der Waals surface area (Å²) >= 11 is 6.11. The van der Waals surface area contributed by atoms with E-state index in [9.17, 15) is 22.8 Å². The number of amides is 2. The van der Waals surface area contributed by atoms with Crippen molar-refractivity contribution >= 4 is 23.4 Å². The van der Waals surface area contributed by atoms with Crippen molar-refractivity contribution in [1.29, 1.82) is 0 Å². The second-order valence-corrected chi connectivity index (χ2v) is 7.25. The van der Waals surface area contributed by atoms with Crippen molar-refractivity contribution in [2.24, 2.45) is 0 Å². The van der Waals surface area contributed by atoms with Crippen molar-refractivity contribution in [1.82, 2.24) is 9.80 Å². The first-order valence-corrected chi connectivity index (χ1v) is 9.61. The van der Waals surface area contributed by atoms with E-state index in [2.05, 4.69) is 0 Å². The summed E-state index contributed by atoms with van der Waals surface area (Å²) in [6.45, 7) is 1.28. The molecule has 3 rings (SSSR count). The second kappa shape index (κ2) is 8.86. The van der Waals surface area contributed by atoms with Gasteiger partial charge in [0.25, 0.3) is 5.91 Å². The monoisotopic (exact) mass is 424 g/mol.